The number of para-hydroxylation sites is 3. The quantitative estimate of drug-likeness (QED) is 0.619. The molecule has 1 unspecified atom stereocenters. The summed E-state index contributed by atoms with van der Waals surface area (Å²) in [5.74, 6) is 2.33. The van der Waals surface area contributed by atoms with Gasteiger partial charge in [0.15, 0.2) is 24.4 Å². The topological polar surface area (TPSA) is 36.9 Å². The van der Waals surface area contributed by atoms with Crippen LogP contribution in [-0.4, -0.2) is 26.1 Å². The Balaban J connectivity index is 1.42. The van der Waals surface area contributed by atoms with Crippen LogP contribution in [0.2, 0.25) is 0 Å². The van der Waals surface area contributed by atoms with Crippen LogP contribution < -0.4 is 14.2 Å². The lowest BCUT2D eigenvalue weighted by Crippen LogP contribution is -2.33. The second-order valence-electron chi connectivity index (χ2n) is 4.44. The third-order valence-corrected chi connectivity index (χ3v) is 2.92. The largest absolute Gasteiger partial charge is 0.486 e. The van der Waals surface area contributed by atoms with E-state index >= 15 is 0 Å². The number of hydrogen-bond acceptors (Lipinski definition) is 4. The normalized spacial score (nSPS) is 16.7. The summed E-state index contributed by atoms with van der Waals surface area (Å²) >= 11 is 0. The summed E-state index contributed by atoms with van der Waals surface area (Å²) in [5.41, 5.74) is 0. The van der Waals surface area contributed by atoms with E-state index in [1.165, 1.54) is 0 Å². The molecule has 0 bridgehead atoms. The van der Waals surface area contributed by atoms with Gasteiger partial charge in [-0.1, -0.05) is 30.3 Å². The highest BCUT2D eigenvalue weighted by molar-refractivity contribution is 5.40. The maximum Gasteiger partial charge on any atom is 0.189 e. The number of hydrogen-bond donors (Lipinski definition) is 0. The van der Waals surface area contributed by atoms with Crippen molar-refractivity contribution < 1.29 is 18.9 Å². The summed E-state index contributed by atoms with van der Waals surface area (Å²) in [5, 5.41) is 0. The third-order valence-electron chi connectivity index (χ3n) is 2.92. The van der Waals surface area contributed by atoms with Gasteiger partial charge in [0, 0.05) is 0 Å². The Morgan fingerprint density at radius 2 is 1.70 bits per heavy atom. The minimum atomic E-state index is -0.107. The van der Waals surface area contributed by atoms with Gasteiger partial charge in [0.1, 0.15) is 12.4 Å². The number of benzene rings is 2. The first kappa shape index (κ1) is 12.8. The van der Waals surface area contributed by atoms with Gasteiger partial charge in [0.25, 0.3) is 0 Å². The van der Waals surface area contributed by atoms with Crippen molar-refractivity contribution in [1.29, 1.82) is 0 Å². The molecule has 0 N–H and O–H groups in total. The van der Waals surface area contributed by atoms with E-state index in [4.69, 9.17) is 18.9 Å². The summed E-state index contributed by atoms with van der Waals surface area (Å²) in [6.45, 7) is 1.12. The summed E-state index contributed by atoms with van der Waals surface area (Å²) in [6.07, 6.45) is -0.107. The smallest absolute Gasteiger partial charge is 0.189 e. The molecule has 0 radical (unpaired) electrons. The van der Waals surface area contributed by atoms with Crippen LogP contribution in [0.15, 0.2) is 54.6 Å². The van der Waals surface area contributed by atoms with Crippen molar-refractivity contribution >= 4 is 0 Å². The minimum Gasteiger partial charge on any atom is -0.486 e. The number of fused-ring (bicyclic) bond motifs is 1. The maximum atomic E-state index is 5.78. The molecule has 0 saturated carbocycles. The van der Waals surface area contributed by atoms with Crippen molar-refractivity contribution in [2.75, 3.05) is 20.0 Å². The zero-order chi connectivity index (χ0) is 13.6. The summed E-state index contributed by atoms with van der Waals surface area (Å²) < 4.78 is 22.3. The molecule has 3 rings (SSSR count). The van der Waals surface area contributed by atoms with Gasteiger partial charge >= 0.3 is 0 Å². The summed E-state index contributed by atoms with van der Waals surface area (Å²) in [4.78, 5) is 0. The van der Waals surface area contributed by atoms with Crippen LogP contribution in [0, 0.1) is 0 Å². The fourth-order valence-corrected chi connectivity index (χ4v) is 1.95. The molecule has 0 saturated heterocycles. The van der Waals surface area contributed by atoms with E-state index in [1.54, 1.807) is 0 Å². The van der Waals surface area contributed by atoms with Crippen molar-refractivity contribution in [3.05, 3.63) is 54.6 Å². The van der Waals surface area contributed by atoms with E-state index < -0.39 is 0 Å². The number of ether oxygens (including phenoxy) is 4. The predicted molar refractivity (Wildman–Crippen MR) is 74.2 cm³/mol. The highest BCUT2D eigenvalue weighted by Crippen LogP contribution is 2.30. The van der Waals surface area contributed by atoms with Gasteiger partial charge < -0.3 is 18.9 Å². The molecule has 4 heteroatoms. The molecular formula is C16H16O4. The molecule has 20 heavy (non-hydrogen) atoms. The van der Waals surface area contributed by atoms with Gasteiger partial charge in [0.2, 0.25) is 0 Å². The Bertz CT molecular complexity index is 541. The van der Waals surface area contributed by atoms with E-state index in [0.717, 1.165) is 17.2 Å². The molecule has 0 amide bonds. The van der Waals surface area contributed by atoms with Crippen LogP contribution in [0.3, 0.4) is 0 Å². The van der Waals surface area contributed by atoms with Crippen LogP contribution in [-0.2, 0) is 4.74 Å². The van der Waals surface area contributed by atoms with Gasteiger partial charge in [-0.25, -0.2) is 0 Å². The van der Waals surface area contributed by atoms with Crippen LogP contribution in [0.25, 0.3) is 0 Å². The Morgan fingerprint density at radius 1 is 0.950 bits per heavy atom. The standard InChI is InChI=1S/C16H16O4/c1-2-6-13(7-3-1)19-12-17-10-14-11-18-15-8-4-5-9-16(15)20-14/h1-9,14H,10-12H2. The Labute approximate surface area is 117 Å². The van der Waals surface area contributed by atoms with Crippen LogP contribution in [0.5, 0.6) is 17.2 Å². The van der Waals surface area contributed by atoms with Crippen molar-refractivity contribution in [3.8, 4) is 17.2 Å². The van der Waals surface area contributed by atoms with Gasteiger partial charge in [-0.3, -0.25) is 0 Å². The average Bonchev–Trinajstić information content (AvgIpc) is 2.52. The molecule has 2 aromatic carbocycles. The minimum absolute atomic E-state index is 0.107. The van der Waals surface area contributed by atoms with E-state index in [1.807, 2.05) is 54.6 Å². The van der Waals surface area contributed by atoms with Gasteiger partial charge in [-0.2, -0.15) is 0 Å². The Morgan fingerprint density at radius 3 is 2.55 bits per heavy atom. The van der Waals surface area contributed by atoms with Gasteiger partial charge in [-0.05, 0) is 24.3 Å². The lowest BCUT2D eigenvalue weighted by Gasteiger charge is -2.26. The van der Waals surface area contributed by atoms with Gasteiger partial charge in [-0.15, -0.1) is 0 Å². The first-order valence-electron chi connectivity index (χ1n) is 6.56. The molecule has 1 aliphatic heterocycles. The number of rotatable bonds is 5. The highest BCUT2D eigenvalue weighted by atomic mass is 16.7. The fraction of sp³-hybridized carbons (Fsp3) is 0.250. The first-order valence-corrected chi connectivity index (χ1v) is 6.56. The molecule has 0 spiro atoms. The zero-order valence-electron chi connectivity index (χ0n) is 11.0. The average molecular weight is 272 g/mol. The maximum absolute atomic E-state index is 5.78. The van der Waals surface area contributed by atoms with Crippen molar-refractivity contribution in [3.63, 3.8) is 0 Å². The van der Waals surface area contributed by atoms with Crippen molar-refractivity contribution in [1.82, 2.24) is 0 Å². The molecule has 0 fully saturated rings. The molecule has 0 aliphatic carbocycles. The zero-order valence-corrected chi connectivity index (χ0v) is 11.0. The van der Waals surface area contributed by atoms with Crippen molar-refractivity contribution in [2.45, 2.75) is 6.10 Å². The molecule has 0 aromatic heterocycles. The van der Waals surface area contributed by atoms with E-state index in [-0.39, 0.29) is 12.9 Å². The molecule has 104 valence electrons. The Kier molecular flexibility index (Phi) is 4.04. The SMILES string of the molecule is c1ccc(OCOCC2COc3ccccc3O2)cc1. The molecule has 1 aliphatic rings. The van der Waals surface area contributed by atoms with Crippen LogP contribution in [0.4, 0.5) is 0 Å². The molecule has 4 nitrogen and oxygen atoms in total. The fourth-order valence-electron chi connectivity index (χ4n) is 1.95. The summed E-state index contributed by atoms with van der Waals surface area (Å²) in [6, 6.07) is 17.2. The second kappa shape index (κ2) is 6.30. The first-order chi connectivity index (χ1) is 9.92. The molecule has 1 heterocycles. The second-order valence-corrected chi connectivity index (χ2v) is 4.44. The van der Waals surface area contributed by atoms with E-state index in [2.05, 4.69) is 0 Å². The monoisotopic (exact) mass is 272 g/mol. The predicted octanol–water partition coefficient (Wildman–Crippen LogP) is 2.88. The van der Waals surface area contributed by atoms with Gasteiger partial charge in [0.05, 0.1) is 6.61 Å². The molecule has 1 atom stereocenters. The highest BCUT2D eigenvalue weighted by Gasteiger charge is 2.20. The molecular weight excluding hydrogens is 256 g/mol. The molecule has 2 aromatic rings. The van der Waals surface area contributed by atoms with Crippen molar-refractivity contribution in [2.24, 2.45) is 0 Å². The Hall–Kier alpha value is -2.20. The lowest BCUT2D eigenvalue weighted by molar-refractivity contribution is -0.0407. The summed E-state index contributed by atoms with van der Waals surface area (Å²) in [7, 11) is 0. The lowest BCUT2D eigenvalue weighted by atomic mass is 10.3. The van der Waals surface area contributed by atoms with Crippen LogP contribution >= 0.6 is 0 Å². The van der Waals surface area contributed by atoms with E-state index in [9.17, 15) is 0 Å². The van der Waals surface area contributed by atoms with E-state index in [0.29, 0.717) is 13.2 Å². The van der Waals surface area contributed by atoms with Crippen LogP contribution in [0.1, 0.15) is 0 Å². The third kappa shape index (κ3) is 3.22.